The van der Waals surface area contributed by atoms with Crippen molar-refractivity contribution in [2.45, 2.75) is 26.6 Å². The minimum absolute atomic E-state index is 0.196. The SMILES string of the molecule is CC(=NNC(N)=S)c1ccc([Si](C)(C)C)s1. The molecular formula is C10H17N3S2Si. The van der Waals surface area contributed by atoms with Crippen molar-refractivity contribution in [3.63, 3.8) is 0 Å². The topological polar surface area (TPSA) is 50.4 Å². The number of hydrogen-bond donors (Lipinski definition) is 2. The molecule has 0 atom stereocenters. The third-order valence-electron chi connectivity index (χ3n) is 2.04. The number of rotatable bonds is 3. The Balaban J connectivity index is 2.86. The molecule has 3 nitrogen and oxygen atoms in total. The third-order valence-corrected chi connectivity index (χ3v) is 6.92. The molecule has 88 valence electrons. The summed E-state index contributed by atoms with van der Waals surface area (Å²) in [4.78, 5) is 1.17. The van der Waals surface area contributed by atoms with E-state index in [4.69, 9.17) is 18.0 Å². The molecule has 0 radical (unpaired) electrons. The van der Waals surface area contributed by atoms with Gasteiger partial charge in [-0.1, -0.05) is 25.7 Å². The molecular weight excluding hydrogens is 254 g/mol. The molecule has 1 aromatic heterocycles. The molecule has 0 amide bonds. The molecule has 3 N–H and O–H groups in total. The number of thiocarbonyl (C=S) groups is 1. The lowest BCUT2D eigenvalue weighted by Crippen LogP contribution is -2.34. The third kappa shape index (κ3) is 3.69. The number of nitrogens with two attached hydrogens (primary N) is 1. The quantitative estimate of drug-likeness (QED) is 0.382. The van der Waals surface area contributed by atoms with Gasteiger partial charge >= 0.3 is 0 Å². The van der Waals surface area contributed by atoms with Crippen LogP contribution < -0.4 is 15.7 Å². The lowest BCUT2D eigenvalue weighted by molar-refractivity contribution is 1.03. The molecule has 0 spiro atoms. The second-order valence-corrected chi connectivity index (χ2v) is 11.5. The van der Waals surface area contributed by atoms with Crippen LogP contribution in [-0.2, 0) is 0 Å². The Hall–Kier alpha value is -0.723. The summed E-state index contributed by atoms with van der Waals surface area (Å²) in [6.45, 7) is 8.96. The summed E-state index contributed by atoms with van der Waals surface area (Å²) in [5, 5.41) is 4.31. The van der Waals surface area contributed by atoms with Crippen LogP contribution in [0.1, 0.15) is 11.8 Å². The largest absolute Gasteiger partial charge is 0.375 e. The Labute approximate surface area is 107 Å². The van der Waals surface area contributed by atoms with Crippen LogP contribution in [0.2, 0.25) is 19.6 Å². The first-order chi connectivity index (χ1) is 7.30. The number of hydrazone groups is 1. The van der Waals surface area contributed by atoms with E-state index in [2.05, 4.69) is 42.3 Å². The van der Waals surface area contributed by atoms with Crippen LogP contribution in [0.4, 0.5) is 0 Å². The Morgan fingerprint density at radius 3 is 2.50 bits per heavy atom. The second kappa shape index (κ2) is 5.07. The molecule has 6 heteroatoms. The van der Waals surface area contributed by atoms with E-state index in [1.54, 1.807) is 11.3 Å². The van der Waals surface area contributed by atoms with E-state index in [0.717, 1.165) is 5.71 Å². The normalized spacial score (nSPS) is 12.6. The zero-order valence-electron chi connectivity index (χ0n) is 10.00. The van der Waals surface area contributed by atoms with Gasteiger partial charge in [0.1, 0.15) is 0 Å². The van der Waals surface area contributed by atoms with E-state index >= 15 is 0 Å². The van der Waals surface area contributed by atoms with E-state index in [1.165, 1.54) is 9.38 Å². The predicted octanol–water partition coefficient (Wildman–Crippen LogP) is 1.85. The first-order valence-corrected chi connectivity index (χ1v) is 9.73. The van der Waals surface area contributed by atoms with Crippen LogP contribution in [-0.4, -0.2) is 18.9 Å². The number of nitrogens with one attached hydrogen (secondary N) is 1. The summed E-state index contributed by atoms with van der Waals surface area (Å²) < 4.78 is 1.48. The maximum atomic E-state index is 5.32. The average Bonchev–Trinajstić information content (AvgIpc) is 2.61. The van der Waals surface area contributed by atoms with E-state index in [-0.39, 0.29) is 5.11 Å². The van der Waals surface area contributed by atoms with Crippen molar-refractivity contribution in [2.24, 2.45) is 10.8 Å². The molecule has 0 aliphatic heterocycles. The molecule has 1 heterocycles. The van der Waals surface area contributed by atoms with Gasteiger partial charge in [-0.05, 0) is 29.7 Å². The lowest BCUT2D eigenvalue weighted by atomic mass is 10.3. The summed E-state index contributed by atoms with van der Waals surface area (Å²) >= 11 is 6.50. The van der Waals surface area contributed by atoms with Gasteiger partial charge in [0.15, 0.2) is 5.11 Å². The minimum Gasteiger partial charge on any atom is -0.375 e. The highest BCUT2D eigenvalue weighted by atomic mass is 32.1. The number of thiophene rings is 1. The Morgan fingerprint density at radius 1 is 1.44 bits per heavy atom. The van der Waals surface area contributed by atoms with E-state index in [0.29, 0.717) is 0 Å². The molecule has 0 fully saturated rings. The Kier molecular flexibility index (Phi) is 4.23. The van der Waals surface area contributed by atoms with Crippen molar-refractivity contribution in [2.75, 3.05) is 0 Å². The van der Waals surface area contributed by atoms with Gasteiger partial charge in [-0.3, -0.25) is 5.43 Å². The summed E-state index contributed by atoms with van der Waals surface area (Å²) in [7, 11) is -1.21. The average molecular weight is 271 g/mol. The zero-order chi connectivity index (χ0) is 12.3. The first kappa shape index (κ1) is 13.3. The molecule has 0 aromatic carbocycles. The molecule has 0 saturated heterocycles. The lowest BCUT2D eigenvalue weighted by Gasteiger charge is -2.12. The summed E-state index contributed by atoms with van der Waals surface area (Å²) in [5.74, 6) is 0. The first-order valence-electron chi connectivity index (χ1n) is 5.01. The molecule has 0 saturated carbocycles. The van der Waals surface area contributed by atoms with Crippen molar-refractivity contribution in [1.29, 1.82) is 0 Å². The van der Waals surface area contributed by atoms with Crippen LogP contribution in [0.15, 0.2) is 17.2 Å². The fourth-order valence-corrected chi connectivity index (χ4v) is 4.02. The van der Waals surface area contributed by atoms with Gasteiger partial charge in [0.05, 0.1) is 13.8 Å². The molecule has 0 aliphatic rings. The maximum absolute atomic E-state index is 5.32. The van der Waals surface area contributed by atoms with Gasteiger partial charge < -0.3 is 5.73 Å². The van der Waals surface area contributed by atoms with Crippen molar-refractivity contribution >= 4 is 47.0 Å². The van der Waals surface area contributed by atoms with Gasteiger partial charge in [-0.25, -0.2) is 0 Å². The summed E-state index contributed by atoms with van der Waals surface area (Å²) in [6, 6.07) is 4.31. The van der Waals surface area contributed by atoms with Gasteiger partial charge in [0.2, 0.25) is 0 Å². The fourth-order valence-electron chi connectivity index (χ4n) is 1.13. The minimum atomic E-state index is -1.21. The van der Waals surface area contributed by atoms with Crippen molar-refractivity contribution < 1.29 is 0 Å². The predicted molar refractivity (Wildman–Crippen MR) is 79.4 cm³/mol. The number of hydrogen-bond acceptors (Lipinski definition) is 3. The smallest absolute Gasteiger partial charge is 0.184 e. The second-order valence-electron chi connectivity index (χ2n) is 4.59. The standard InChI is InChI=1S/C10H17N3S2Si/c1-7(12-13-10(11)14)8-5-6-9(15-8)16(2,3)4/h5-6H,1-4H3,(H3,11,13,14). The van der Waals surface area contributed by atoms with Crippen molar-refractivity contribution in [1.82, 2.24) is 5.43 Å². The molecule has 1 aromatic rings. The summed E-state index contributed by atoms with van der Waals surface area (Å²) in [6.07, 6.45) is 0. The highest BCUT2D eigenvalue weighted by Gasteiger charge is 2.19. The van der Waals surface area contributed by atoms with Crippen LogP contribution >= 0.6 is 23.6 Å². The van der Waals surface area contributed by atoms with E-state index in [1.807, 2.05) is 6.92 Å². The van der Waals surface area contributed by atoms with Crippen LogP contribution in [0.5, 0.6) is 0 Å². The highest BCUT2D eigenvalue weighted by Crippen LogP contribution is 2.13. The van der Waals surface area contributed by atoms with E-state index < -0.39 is 8.07 Å². The van der Waals surface area contributed by atoms with Crippen LogP contribution in [0.25, 0.3) is 0 Å². The van der Waals surface area contributed by atoms with Gasteiger partial charge in [0, 0.05) is 4.88 Å². The van der Waals surface area contributed by atoms with Crippen molar-refractivity contribution in [3.8, 4) is 0 Å². The molecule has 1 rings (SSSR count). The monoisotopic (exact) mass is 271 g/mol. The summed E-state index contributed by atoms with van der Waals surface area (Å²) in [5.41, 5.74) is 8.84. The zero-order valence-corrected chi connectivity index (χ0v) is 12.6. The van der Waals surface area contributed by atoms with Gasteiger partial charge in [-0.2, -0.15) is 5.10 Å². The maximum Gasteiger partial charge on any atom is 0.184 e. The van der Waals surface area contributed by atoms with E-state index in [9.17, 15) is 0 Å². The Morgan fingerprint density at radius 2 is 2.06 bits per heavy atom. The Bertz CT molecular complexity index is 418. The van der Waals surface area contributed by atoms with Crippen LogP contribution in [0, 0.1) is 0 Å². The van der Waals surface area contributed by atoms with Gasteiger partial charge in [-0.15, -0.1) is 11.3 Å². The molecule has 0 bridgehead atoms. The van der Waals surface area contributed by atoms with Gasteiger partial charge in [0.25, 0.3) is 0 Å². The fraction of sp³-hybridized carbons (Fsp3) is 0.400. The van der Waals surface area contributed by atoms with Crippen LogP contribution in [0.3, 0.4) is 0 Å². The molecule has 16 heavy (non-hydrogen) atoms. The van der Waals surface area contributed by atoms with Crippen molar-refractivity contribution in [3.05, 3.63) is 17.0 Å². The molecule has 0 aliphatic carbocycles. The number of nitrogens with zero attached hydrogens (tertiary/aromatic N) is 1. The highest BCUT2D eigenvalue weighted by molar-refractivity contribution is 7.80. The molecule has 0 unspecified atom stereocenters.